The fourth-order valence-corrected chi connectivity index (χ4v) is 5.21. The van der Waals surface area contributed by atoms with E-state index in [-0.39, 0.29) is 17.3 Å². The van der Waals surface area contributed by atoms with Crippen molar-refractivity contribution in [2.75, 3.05) is 6.61 Å². The Morgan fingerprint density at radius 2 is 1.87 bits per heavy atom. The van der Waals surface area contributed by atoms with Crippen LogP contribution in [0.15, 0.2) is 45.3 Å². The van der Waals surface area contributed by atoms with Gasteiger partial charge in [0, 0.05) is 25.2 Å². The Kier molecular flexibility index (Phi) is 4.30. The molecule has 5 rings (SSSR count). The van der Waals surface area contributed by atoms with Gasteiger partial charge in [0.25, 0.3) is 5.56 Å². The number of aromatic nitrogens is 4. The number of fused-ring (bicyclic) bond motifs is 3. The molecule has 30 heavy (non-hydrogen) atoms. The first kappa shape index (κ1) is 19.0. The van der Waals surface area contributed by atoms with E-state index < -0.39 is 6.10 Å². The maximum atomic E-state index is 13.3. The van der Waals surface area contributed by atoms with Crippen LogP contribution in [0.3, 0.4) is 0 Å². The molecule has 154 valence electrons. The zero-order chi connectivity index (χ0) is 21.2. The predicted molar refractivity (Wildman–Crippen MR) is 117 cm³/mol. The first-order valence-electron chi connectivity index (χ1n) is 9.83. The Morgan fingerprint density at radius 3 is 2.53 bits per heavy atom. The van der Waals surface area contributed by atoms with Crippen LogP contribution in [0.2, 0.25) is 0 Å². The molecule has 0 amide bonds. The van der Waals surface area contributed by atoms with E-state index in [4.69, 9.17) is 4.74 Å². The van der Waals surface area contributed by atoms with E-state index in [1.54, 1.807) is 11.6 Å². The summed E-state index contributed by atoms with van der Waals surface area (Å²) in [6.45, 7) is 4.51. The van der Waals surface area contributed by atoms with E-state index in [1.807, 2.05) is 42.6 Å². The molecule has 8 heteroatoms. The quantitative estimate of drug-likeness (QED) is 0.498. The highest BCUT2D eigenvalue weighted by Crippen LogP contribution is 2.43. The summed E-state index contributed by atoms with van der Waals surface area (Å²) in [5, 5.41) is 3.35. The third-order valence-electron chi connectivity index (χ3n) is 5.75. The summed E-state index contributed by atoms with van der Waals surface area (Å²) in [5.74, 6) is 0. The number of hydrogen-bond donors (Lipinski definition) is 0. The van der Waals surface area contributed by atoms with Crippen molar-refractivity contribution < 1.29 is 4.74 Å². The maximum absolute atomic E-state index is 13.3. The van der Waals surface area contributed by atoms with E-state index in [0.29, 0.717) is 17.5 Å². The van der Waals surface area contributed by atoms with Crippen molar-refractivity contribution in [2.45, 2.75) is 26.0 Å². The molecule has 2 unspecified atom stereocenters. The molecule has 1 aliphatic rings. The van der Waals surface area contributed by atoms with Crippen molar-refractivity contribution in [1.29, 1.82) is 0 Å². The molecule has 4 aromatic rings. The lowest BCUT2D eigenvalue weighted by Crippen LogP contribution is -2.37. The molecule has 2 atom stereocenters. The highest BCUT2D eigenvalue weighted by Gasteiger charge is 2.36. The first-order chi connectivity index (χ1) is 14.4. The topological polar surface area (TPSA) is 71.0 Å². The Labute approximate surface area is 176 Å². The third-order valence-corrected chi connectivity index (χ3v) is 6.75. The van der Waals surface area contributed by atoms with Crippen LogP contribution in [0.5, 0.6) is 0 Å². The number of thiazole rings is 1. The summed E-state index contributed by atoms with van der Waals surface area (Å²) in [5.41, 5.74) is 3.47. The fraction of sp³-hybridized carbons (Fsp3) is 0.318. The Hall–Kier alpha value is -2.97. The van der Waals surface area contributed by atoms with Crippen molar-refractivity contribution in [2.24, 2.45) is 14.1 Å². The van der Waals surface area contributed by atoms with Gasteiger partial charge in [0.1, 0.15) is 5.01 Å². The molecule has 4 heterocycles. The lowest BCUT2D eigenvalue weighted by atomic mass is 10.1. The minimum atomic E-state index is -0.433. The molecule has 1 aromatic carbocycles. The molecule has 0 spiro atoms. The molecule has 1 aliphatic heterocycles. The first-order valence-corrected chi connectivity index (χ1v) is 10.7. The third kappa shape index (κ3) is 2.57. The molecule has 0 saturated heterocycles. The van der Waals surface area contributed by atoms with Gasteiger partial charge in [-0.3, -0.25) is 13.9 Å². The van der Waals surface area contributed by atoms with Gasteiger partial charge < -0.3 is 9.30 Å². The highest BCUT2D eigenvalue weighted by atomic mass is 32.1. The standard InChI is InChI=1S/C22H22N4O3S/c1-12-11-30-20(23-12)19-18-17-15(21(27)25(4)22(28)24(17)3)16(14-8-6-5-7-9-14)26(18)13(2)10-29-19/h5-9,11,13,19H,10H2,1-4H3. The summed E-state index contributed by atoms with van der Waals surface area (Å²) in [6.07, 6.45) is -0.433. The minimum Gasteiger partial charge on any atom is -0.363 e. The largest absolute Gasteiger partial charge is 0.363 e. The number of benzene rings is 1. The van der Waals surface area contributed by atoms with Crippen LogP contribution in [-0.2, 0) is 18.8 Å². The van der Waals surface area contributed by atoms with Gasteiger partial charge in [-0.05, 0) is 19.4 Å². The number of aryl methyl sites for hydroxylation is 2. The van der Waals surface area contributed by atoms with Crippen LogP contribution in [0.25, 0.3) is 22.2 Å². The molecule has 7 nitrogen and oxygen atoms in total. The number of ether oxygens (including phenoxy) is 1. The number of hydrogen-bond acceptors (Lipinski definition) is 5. The molecular formula is C22H22N4O3S. The monoisotopic (exact) mass is 422 g/mol. The second-order valence-electron chi connectivity index (χ2n) is 7.79. The van der Waals surface area contributed by atoms with Crippen molar-refractivity contribution >= 4 is 22.2 Å². The maximum Gasteiger partial charge on any atom is 0.331 e. The number of rotatable bonds is 2. The molecule has 0 bridgehead atoms. The molecular weight excluding hydrogens is 400 g/mol. The van der Waals surface area contributed by atoms with Crippen LogP contribution >= 0.6 is 11.3 Å². The fourth-order valence-electron chi connectivity index (χ4n) is 4.37. The zero-order valence-corrected chi connectivity index (χ0v) is 18.1. The minimum absolute atomic E-state index is 0.000256. The summed E-state index contributed by atoms with van der Waals surface area (Å²) in [6, 6.07) is 9.86. The average Bonchev–Trinajstić information content (AvgIpc) is 3.34. The van der Waals surface area contributed by atoms with Crippen LogP contribution < -0.4 is 11.2 Å². The van der Waals surface area contributed by atoms with Crippen molar-refractivity contribution in [3.05, 3.63) is 72.9 Å². The molecule has 3 aromatic heterocycles. The van der Waals surface area contributed by atoms with Crippen molar-refractivity contribution in [1.82, 2.24) is 18.7 Å². The van der Waals surface area contributed by atoms with Gasteiger partial charge in [-0.25, -0.2) is 9.78 Å². The molecule has 0 fully saturated rings. The lowest BCUT2D eigenvalue weighted by Gasteiger charge is -2.31. The van der Waals surface area contributed by atoms with Gasteiger partial charge in [0.05, 0.1) is 34.9 Å². The molecule has 0 saturated carbocycles. The van der Waals surface area contributed by atoms with Crippen LogP contribution in [0.1, 0.15) is 35.5 Å². The highest BCUT2D eigenvalue weighted by molar-refractivity contribution is 7.09. The SMILES string of the molecule is Cc1csc(C2OCC(C)n3c(-c4ccccc4)c4c(=O)n(C)c(=O)n(C)c4c32)n1. The van der Waals surface area contributed by atoms with E-state index in [9.17, 15) is 9.59 Å². The van der Waals surface area contributed by atoms with Gasteiger partial charge >= 0.3 is 5.69 Å². The van der Waals surface area contributed by atoms with Crippen molar-refractivity contribution in [3.8, 4) is 11.3 Å². The van der Waals surface area contributed by atoms with E-state index in [0.717, 1.165) is 27.7 Å². The average molecular weight is 423 g/mol. The second kappa shape index (κ2) is 6.78. The van der Waals surface area contributed by atoms with Crippen LogP contribution in [0.4, 0.5) is 0 Å². The van der Waals surface area contributed by atoms with Gasteiger partial charge in [0.2, 0.25) is 0 Å². The normalized spacial score (nSPS) is 18.7. The summed E-state index contributed by atoms with van der Waals surface area (Å²) < 4.78 is 11.1. The van der Waals surface area contributed by atoms with Gasteiger partial charge in [-0.15, -0.1) is 11.3 Å². The Morgan fingerprint density at radius 1 is 1.13 bits per heavy atom. The summed E-state index contributed by atoms with van der Waals surface area (Å²) in [4.78, 5) is 30.8. The van der Waals surface area contributed by atoms with E-state index >= 15 is 0 Å². The number of nitrogens with zero attached hydrogens (tertiary/aromatic N) is 4. The second-order valence-corrected chi connectivity index (χ2v) is 8.68. The Balaban J connectivity index is 2.00. The molecule has 0 radical (unpaired) electrons. The van der Waals surface area contributed by atoms with E-state index in [2.05, 4.69) is 16.5 Å². The summed E-state index contributed by atoms with van der Waals surface area (Å²) >= 11 is 1.53. The van der Waals surface area contributed by atoms with Gasteiger partial charge in [-0.1, -0.05) is 30.3 Å². The predicted octanol–water partition coefficient (Wildman–Crippen LogP) is 3.15. The van der Waals surface area contributed by atoms with E-state index in [1.165, 1.54) is 23.0 Å². The van der Waals surface area contributed by atoms with Crippen LogP contribution in [0, 0.1) is 6.92 Å². The van der Waals surface area contributed by atoms with Crippen molar-refractivity contribution in [3.63, 3.8) is 0 Å². The molecule has 0 aliphatic carbocycles. The van der Waals surface area contributed by atoms with Gasteiger partial charge in [-0.2, -0.15) is 0 Å². The van der Waals surface area contributed by atoms with Gasteiger partial charge in [0.15, 0.2) is 6.10 Å². The molecule has 0 N–H and O–H groups in total. The zero-order valence-electron chi connectivity index (χ0n) is 17.2. The summed E-state index contributed by atoms with van der Waals surface area (Å²) in [7, 11) is 3.24. The smallest absolute Gasteiger partial charge is 0.331 e. The van der Waals surface area contributed by atoms with Crippen LogP contribution in [-0.4, -0.2) is 25.3 Å². The lowest BCUT2D eigenvalue weighted by molar-refractivity contribution is 0.0293. The Bertz CT molecular complexity index is 1390.